The van der Waals surface area contributed by atoms with Gasteiger partial charge >= 0.3 is 6.03 Å². The van der Waals surface area contributed by atoms with E-state index in [1.807, 2.05) is 24.3 Å². The lowest BCUT2D eigenvalue weighted by Gasteiger charge is -2.29. The van der Waals surface area contributed by atoms with Crippen molar-refractivity contribution in [2.75, 3.05) is 19.0 Å². The zero-order valence-electron chi connectivity index (χ0n) is 16.3. The van der Waals surface area contributed by atoms with Crippen molar-refractivity contribution >= 4 is 33.6 Å². The maximum Gasteiger partial charge on any atom is 0.319 e. The average Bonchev–Trinajstić information content (AvgIpc) is 2.72. The molecule has 0 saturated carbocycles. The van der Waals surface area contributed by atoms with Crippen LogP contribution in [0.15, 0.2) is 58.2 Å². The maximum atomic E-state index is 13.1. The second-order valence-electron chi connectivity index (χ2n) is 6.37. The zero-order valence-corrected chi connectivity index (χ0v) is 17.9. The fraction of sp³-hybridized carbons (Fsp3) is 0.190. The summed E-state index contributed by atoms with van der Waals surface area (Å²) < 4.78 is 11.3. The number of rotatable bonds is 6. The number of halogens is 1. The molecule has 3 amide bonds. The Morgan fingerprint density at radius 1 is 1.30 bits per heavy atom. The molecule has 0 fully saturated rings. The number of ether oxygens (including phenoxy) is 2. The van der Waals surface area contributed by atoms with Crippen LogP contribution >= 0.6 is 15.9 Å². The molecule has 0 unspecified atom stereocenters. The van der Waals surface area contributed by atoms with E-state index in [4.69, 9.17) is 14.7 Å². The molecule has 0 aromatic heterocycles. The Balaban J connectivity index is 2.00. The maximum absolute atomic E-state index is 13.1. The van der Waals surface area contributed by atoms with Crippen molar-refractivity contribution in [2.24, 2.45) is 0 Å². The van der Waals surface area contributed by atoms with E-state index in [0.717, 1.165) is 0 Å². The number of amides is 3. The number of nitrogens with zero attached hydrogens (tertiary/aromatic N) is 1. The Hall–Kier alpha value is -3.51. The Bertz CT molecular complexity index is 1050. The minimum atomic E-state index is -0.724. The molecule has 3 rings (SSSR count). The van der Waals surface area contributed by atoms with Gasteiger partial charge in [-0.1, -0.05) is 18.2 Å². The SMILES string of the molecule is COc1cc([C@@H]2NC(=O)NC(C)=C2C(=O)Nc2ccccc2)cc(Br)c1OCC#N. The van der Waals surface area contributed by atoms with Crippen LogP contribution in [-0.4, -0.2) is 25.7 Å². The summed E-state index contributed by atoms with van der Waals surface area (Å²) in [7, 11) is 1.47. The molecule has 1 aliphatic heterocycles. The number of hydrogen-bond donors (Lipinski definition) is 3. The summed E-state index contributed by atoms with van der Waals surface area (Å²) in [4.78, 5) is 25.2. The zero-order chi connectivity index (χ0) is 21.7. The van der Waals surface area contributed by atoms with Gasteiger partial charge in [-0.15, -0.1) is 0 Å². The third kappa shape index (κ3) is 4.55. The molecular weight excluding hydrogens is 452 g/mol. The van der Waals surface area contributed by atoms with Gasteiger partial charge in [0, 0.05) is 11.4 Å². The smallest absolute Gasteiger partial charge is 0.319 e. The van der Waals surface area contributed by atoms with Gasteiger partial charge in [0.25, 0.3) is 5.91 Å². The highest BCUT2D eigenvalue weighted by Gasteiger charge is 2.32. The summed E-state index contributed by atoms with van der Waals surface area (Å²) in [5.41, 5.74) is 2.04. The van der Waals surface area contributed by atoms with Crippen LogP contribution in [0, 0.1) is 11.3 Å². The number of anilines is 1. The Labute approximate surface area is 182 Å². The molecule has 30 heavy (non-hydrogen) atoms. The van der Waals surface area contributed by atoms with Gasteiger partial charge in [-0.3, -0.25) is 4.79 Å². The van der Waals surface area contributed by atoms with Gasteiger partial charge in [-0.2, -0.15) is 5.26 Å². The van der Waals surface area contributed by atoms with Crippen molar-refractivity contribution in [1.29, 1.82) is 5.26 Å². The summed E-state index contributed by atoms with van der Waals surface area (Å²) in [5.74, 6) is 0.373. The van der Waals surface area contributed by atoms with Gasteiger partial charge < -0.3 is 25.4 Å². The van der Waals surface area contributed by atoms with Crippen molar-refractivity contribution in [3.63, 3.8) is 0 Å². The van der Waals surface area contributed by atoms with Crippen LogP contribution in [0.3, 0.4) is 0 Å². The summed E-state index contributed by atoms with van der Waals surface area (Å²) in [6.07, 6.45) is 0. The average molecular weight is 471 g/mol. The number of urea groups is 1. The van der Waals surface area contributed by atoms with Crippen molar-refractivity contribution in [3.05, 3.63) is 63.8 Å². The lowest BCUT2D eigenvalue weighted by Crippen LogP contribution is -2.46. The first kappa shape index (κ1) is 21.2. The Morgan fingerprint density at radius 3 is 2.70 bits per heavy atom. The van der Waals surface area contributed by atoms with E-state index in [-0.39, 0.29) is 12.5 Å². The van der Waals surface area contributed by atoms with Crippen LogP contribution in [0.1, 0.15) is 18.5 Å². The minimum Gasteiger partial charge on any atom is -0.493 e. The third-order valence-corrected chi connectivity index (χ3v) is 5.00. The Kier molecular flexibility index (Phi) is 6.59. The summed E-state index contributed by atoms with van der Waals surface area (Å²) >= 11 is 3.42. The standard InChI is InChI=1S/C21H19BrN4O4/c1-12-17(20(27)25-14-6-4-3-5-7-14)18(26-21(28)24-12)13-10-15(22)19(30-9-8-23)16(11-13)29-2/h3-7,10-11,18H,9H2,1-2H3,(H,25,27)(H2,24,26,28)/t18-/m0/s1. The van der Waals surface area contributed by atoms with Gasteiger partial charge in [0.1, 0.15) is 6.07 Å². The van der Waals surface area contributed by atoms with Crippen LogP contribution in [0.25, 0.3) is 0 Å². The first-order chi connectivity index (χ1) is 14.4. The van der Waals surface area contributed by atoms with Gasteiger partial charge in [-0.05, 0) is 52.7 Å². The molecule has 1 atom stereocenters. The fourth-order valence-corrected chi connectivity index (χ4v) is 3.69. The van der Waals surface area contributed by atoms with Crippen molar-refractivity contribution in [1.82, 2.24) is 10.6 Å². The van der Waals surface area contributed by atoms with Gasteiger partial charge in [-0.25, -0.2) is 4.79 Å². The molecule has 9 heteroatoms. The second kappa shape index (κ2) is 9.33. The highest BCUT2D eigenvalue weighted by molar-refractivity contribution is 9.10. The van der Waals surface area contributed by atoms with Crippen LogP contribution < -0.4 is 25.4 Å². The molecule has 0 spiro atoms. The number of nitriles is 1. The predicted octanol–water partition coefficient (Wildman–Crippen LogP) is 3.63. The molecular formula is C21H19BrN4O4. The van der Waals surface area contributed by atoms with E-state index in [1.165, 1.54) is 7.11 Å². The van der Waals surface area contributed by atoms with E-state index < -0.39 is 12.1 Å². The topological polar surface area (TPSA) is 112 Å². The fourth-order valence-electron chi connectivity index (χ4n) is 3.12. The van der Waals surface area contributed by atoms with E-state index in [1.54, 1.807) is 31.2 Å². The van der Waals surface area contributed by atoms with Crippen LogP contribution in [0.2, 0.25) is 0 Å². The summed E-state index contributed by atoms with van der Waals surface area (Å²) in [6.45, 7) is 1.52. The number of para-hydroxylation sites is 1. The van der Waals surface area contributed by atoms with Crippen molar-refractivity contribution in [2.45, 2.75) is 13.0 Å². The van der Waals surface area contributed by atoms with Crippen molar-refractivity contribution in [3.8, 4) is 17.6 Å². The summed E-state index contributed by atoms with van der Waals surface area (Å²) in [6, 6.07) is 13.2. The number of nitrogens with one attached hydrogen (secondary N) is 3. The van der Waals surface area contributed by atoms with Gasteiger partial charge in [0.15, 0.2) is 18.1 Å². The summed E-state index contributed by atoms with van der Waals surface area (Å²) in [5, 5.41) is 17.1. The monoisotopic (exact) mass is 470 g/mol. The Morgan fingerprint density at radius 2 is 2.03 bits per heavy atom. The molecule has 0 saturated heterocycles. The third-order valence-electron chi connectivity index (χ3n) is 4.41. The van der Waals surface area contributed by atoms with E-state index in [2.05, 4.69) is 31.9 Å². The lowest BCUT2D eigenvalue weighted by molar-refractivity contribution is -0.113. The highest BCUT2D eigenvalue weighted by Crippen LogP contribution is 2.40. The molecule has 0 aliphatic carbocycles. The normalized spacial score (nSPS) is 15.5. The first-order valence-electron chi connectivity index (χ1n) is 8.96. The molecule has 1 aliphatic rings. The highest BCUT2D eigenvalue weighted by atomic mass is 79.9. The minimum absolute atomic E-state index is 0.151. The molecule has 0 radical (unpaired) electrons. The van der Waals surface area contributed by atoms with E-state index in [0.29, 0.717) is 38.5 Å². The lowest BCUT2D eigenvalue weighted by atomic mass is 9.94. The molecule has 0 bridgehead atoms. The molecule has 2 aromatic rings. The largest absolute Gasteiger partial charge is 0.493 e. The number of hydrogen-bond acceptors (Lipinski definition) is 5. The molecule has 1 heterocycles. The molecule has 154 valence electrons. The van der Waals surface area contributed by atoms with Crippen molar-refractivity contribution < 1.29 is 19.1 Å². The number of allylic oxidation sites excluding steroid dienone is 1. The number of carbonyl (C=O) groups excluding carboxylic acids is 2. The van der Waals surface area contributed by atoms with Gasteiger partial charge in [0.2, 0.25) is 0 Å². The van der Waals surface area contributed by atoms with Gasteiger partial charge in [0.05, 0.1) is 23.2 Å². The second-order valence-corrected chi connectivity index (χ2v) is 7.23. The molecule has 8 nitrogen and oxygen atoms in total. The van der Waals surface area contributed by atoms with E-state index >= 15 is 0 Å². The predicted molar refractivity (Wildman–Crippen MR) is 114 cm³/mol. The van der Waals surface area contributed by atoms with E-state index in [9.17, 15) is 9.59 Å². The first-order valence-corrected chi connectivity index (χ1v) is 9.75. The number of methoxy groups -OCH3 is 1. The molecule has 3 N–H and O–H groups in total. The quantitative estimate of drug-likeness (QED) is 0.596. The number of benzene rings is 2. The van der Waals surface area contributed by atoms with Crippen LogP contribution in [0.5, 0.6) is 11.5 Å². The molecule has 2 aromatic carbocycles. The van der Waals surface area contributed by atoms with Crippen LogP contribution in [0.4, 0.5) is 10.5 Å². The van der Waals surface area contributed by atoms with Crippen LogP contribution in [-0.2, 0) is 4.79 Å². The number of carbonyl (C=O) groups is 2.